The number of Topliss-reactive ketones (excluding diaryl/α,β-unsaturated/α-hetero) is 1. The molecule has 0 bridgehead atoms. The summed E-state index contributed by atoms with van der Waals surface area (Å²) < 4.78 is 2.66. The van der Waals surface area contributed by atoms with E-state index in [0.29, 0.717) is 18.7 Å². The summed E-state index contributed by atoms with van der Waals surface area (Å²) in [5.41, 5.74) is 0.803. The van der Waals surface area contributed by atoms with Gasteiger partial charge in [-0.2, -0.15) is 5.10 Å². The lowest BCUT2D eigenvalue weighted by atomic mass is 10.2. The minimum atomic E-state index is 0.162. The molecule has 0 saturated heterocycles. The summed E-state index contributed by atoms with van der Waals surface area (Å²) in [7, 11) is 0. The van der Waals surface area contributed by atoms with E-state index in [0.717, 1.165) is 10.1 Å². The molecule has 0 aromatic carbocycles. The van der Waals surface area contributed by atoms with Gasteiger partial charge in [0.05, 0.1) is 0 Å². The summed E-state index contributed by atoms with van der Waals surface area (Å²) in [6.07, 6.45) is 2.95. The number of aryl methyl sites for hydroxylation is 1. The highest BCUT2D eigenvalue weighted by Gasteiger charge is 2.04. The second-order valence-electron chi connectivity index (χ2n) is 3.38. The number of halogens is 1. The Morgan fingerprint density at radius 1 is 1.53 bits per heavy atom. The van der Waals surface area contributed by atoms with Gasteiger partial charge in [-0.1, -0.05) is 0 Å². The van der Waals surface area contributed by atoms with E-state index >= 15 is 0 Å². The van der Waals surface area contributed by atoms with Crippen LogP contribution in [-0.2, 0) is 11.2 Å². The van der Waals surface area contributed by atoms with E-state index in [4.69, 9.17) is 0 Å². The van der Waals surface area contributed by atoms with Gasteiger partial charge in [-0.15, -0.1) is 0 Å². The zero-order valence-corrected chi connectivity index (χ0v) is 9.86. The Kier molecular flexibility index (Phi) is 2.81. The van der Waals surface area contributed by atoms with E-state index < -0.39 is 0 Å². The van der Waals surface area contributed by atoms with Crippen molar-refractivity contribution in [3.63, 3.8) is 0 Å². The topological polar surface area (TPSA) is 47.3 Å². The zero-order chi connectivity index (χ0) is 10.8. The monoisotopic (exact) mass is 267 g/mol. The Hall–Kier alpha value is -1.23. The third-order valence-electron chi connectivity index (χ3n) is 2.04. The summed E-state index contributed by atoms with van der Waals surface area (Å²) >= 11 is 3.36. The summed E-state index contributed by atoms with van der Waals surface area (Å²) in [6, 6.07) is 3.80. The molecule has 2 aromatic rings. The molecule has 0 radical (unpaired) electrons. The van der Waals surface area contributed by atoms with Crippen LogP contribution in [0.25, 0.3) is 5.65 Å². The maximum absolute atomic E-state index is 10.8. The number of ketones is 1. The third-order valence-corrected chi connectivity index (χ3v) is 2.51. The van der Waals surface area contributed by atoms with Crippen molar-refractivity contribution in [1.29, 1.82) is 0 Å². The largest absolute Gasteiger partial charge is 0.300 e. The molecule has 0 saturated carbocycles. The molecule has 0 aliphatic rings. The Morgan fingerprint density at radius 3 is 3.07 bits per heavy atom. The van der Waals surface area contributed by atoms with E-state index in [9.17, 15) is 4.79 Å². The van der Waals surface area contributed by atoms with E-state index in [-0.39, 0.29) is 5.78 Å². The standard InChI is InChI=1S/C10H10BrN3O/c1-7(15)2-4-9-12-10-5-3-8(11)6-14(10)13-9/h3,5-6H,2,4H2,1H3. The summed E-state index contributed by atoms with van der Waals surface area (Å²) in [5, 5.41) is 4.27. The Balaban J connectivity index is 2.27. The lowest BCUT2D eigenvalue weighted by Gasteiger charge is -1.90. The smallest absolute Gasteiger partial charge is 0.155 e. The molecule has 78 valence electrons. The van der Waals surface area contributed by atoms with Crippen LogP contribution in [0.1, 0.15) is 19.2 Å². The molecule has 4 nitrogen and oxygen atoms in total. The second kappa shape index (κ2) is 4.10. The van der Waals surface area contributed by atoms with Crippen LogP contribution >= 0.6 is 15.9 Å². The van der Waals surface area contributed by atoms with Gasteiger partial charge in [-0.05, 0) is 35.0 Å². The van der Waals surface area contributed by atoms with E-state index in [2.05, 4.69) is 26.0 Å². The summed E-state index contributed by atoms with van der Waals surface area (Å²) in [6.45, 7) is 1.58. The number of pyridine rings is 1. The highest BCUT2D eigenvalue weighted by atomic mass is 79.9. The number of fused-ring (bicyclic) bond motifs is 1. The molecule has 2 rings (SSSR count). The van der Waals surface area contributed by atoms with Crippen molar-refractivity contribution in [1.82, 2.24) is 14.6 Å². The molecule has 15 heavy (non-hydrogen) atoms. The first kappa shape index (κ1) is 10.3. The number of carbonyl (C=O) groups is 1. The Morgan fingerprint density at radius 2 is 2.33 bits per heavy atom. The lowest BCUT2D eigenvalue weighted by Crippen LogP contribution is -1.96. The Labute approximate surface area is 95.4 Å². The van der Waals surface area contributed by atoms with Crippen LogP contribution in [0.2, 0.25) is 0 Å². The minimum Gasteiger partial charge on any atom is -0.300 e. The molecule has 0 N–H and O–H groups in total. The highest BCUT2D eigenvalue weighted by molar-refractivity contribution is 9.10. The minimum absolute atomic E-state index is 0.162. The fourth-order valence-corrected chi connectivity index (χ4v) is 1.62. The van der Waals surface area contributed by atoms with E-state index in [1.165, 1.54) is 0 Å². The highest BCUT2D eigenvalue weighted by Crippen LogP contribution is 2.11. The van der Waals surface area contributed by atoms with Crippen LogP contribution < -0.4 is 0 Å². The lowest BCUT2D eigenvalue weighted by molar-refractivity contribution is -0.117. The van der Waals surface area contributed by atoms with Gasteiger partial charge in [0, 0.05) is 23.5 Å². The van der Waals surface area contributed by atoms with Gasteiger partial charge < -0.3 is 4.79 Å². The van der Waals surface area contributed by atoms with Crippen LogP contribution in [0.3, 0.4) is 0 Å². The van der Waals surface area contributed by atoms with Gasteiger partial charge in [-0.3, -0.25) is 0 Å². The van der Waals surface area contributed by atoms with E-state index in [1.807, 2.05) is 18.3 Å². The molecular weight excluding hydrogens is 258 g/mol. The molecule has 0 unspecified atom stereocenters. The molecule has 0 fully saturated rings. The van der Waals surface area contributed by atoms with Crippen LogP contribution in [0.5, 0.6) is 0 Å². The SMILES string of the molecule is CC(=O)CCc1nc2ccc(Br)cn2n1. The molecule has 0 amide bonds. The van der Waals surface area contributed by atoms with Gasteiger partial charge in [0.2, 0.25) is 0 Å². The molecule has 0 aliphatic heterocycles. The number of hydrogen-bond donors (Lipinski definition) is 0. The number of rotatable bonds is 3. The molecule has 0 spiro atoms. The predicted molar refractivity (Wildman–Crippen MR) is 59.7 cm³/mol. The quantitative estimate of drug-likeness (QED) is 0.855. The van der Waals surface area contributed by atoms with Crippen molar-refractivity contribution >= 4 is 27.4 Å². The van der Waals surface area contributed by atoms with Gasteiger partial charge in [0.15, 0.2) is 11.5 Å². The fourth-order valence-electron chi connectivity index (χ4n) is 1.30. The third kappa shape index (κ3) is 2.41. The normalized spacial score (nSPS) is 10.8. The van der Waals surface area contributed by atoms with Crippen molar-refractivity contribution in [2.45, 2.75) is 19.8 Å². The molecule has 2 heterocycles. The average Bonchev–Trinajstić information content (AvgIpc) is 2.56. The average molecular weight is 268 g/mol. The van der Waals surface area contributed by atoms with E-state index in [1.54, 1.807) is 11.4 Å². The molecular formula is C10H10BrN3O. The molecule has 2 aromatic heterocycles. The Bertz CT molecular complexity index is 506. The van der Waals surface area contributed by atoms with Gasteiger partial charge >= 0.3 is 0 Å². The number of nitrogens with zero attached hydrogens (tertiary/aromatic N) is 3. The predicted octanol–water partition coefficient (Wildman–Crippen LogP) is 2.01. The van der Waals surface area contributed by atoms with Crippen molar-refractivity contribution in [3.8, 4) is 0 Å². The summed E-state index contributed by atoms with van der Waals surface area (Å²) in [5.74, 6) is 0.873. The maximum atomic E-state index is 10.8. The van der Waals surface area contributed by atoms with Crippen molar-refractivity contribution in [2.24, 2.45) is 0 Å². The van der Waals surface area contributed by atoms with Gasteiger partial charge in [0.25, 0.3) is 0 Å². The van der Waals surface area contributed by atoms with Crippen LogP contribution in [0.15, 0.2) is 22.8 Å². The first-order valence-electron chi connectivity index (χ1n) is 4.65. The first-order valence-corrected chi connectivity index (χ1v) is 5.45. The van der Waals surface area contributed by atoms with Crippen LogP contribution in [-0.4, -0.2) is 20.4 Å². The number of carbonyl (C=O) groups excluding carboxylic acids is 1. The first-order chi connectivity index (χ1) is 7.15. The van der Waals surface area contributed by atoms with Gasteiger partial charge in [0.1, 0.15) is 5.78 Å². The zero-order valence-electron chi connectivity index (χ0n) is 8.27. The molecule has 0 aliphatic carbocycles. The molecule has 5 heteroatoms. The second-order valence-corrected chi connectivity index (χ2v) is 4.30. The maximum Gasteiger partial charge on any atom is 0.155 e. The van der Waals surface area contributed by atoms with Gasteiger partial charge in [-0.25, -0.2) is 9.50 Å². The number of hydrogen-bond acceptors (Lipinski definition) is 3. The van der Waals surface area contributed by atoms with Crippen molar-refractivity contribution in [2.75, 3.05) is 0 Å². The fraction of sp³-hybridized carbons (Fsp3) is 0.300. The van der Waals surface area contributed by atoms with Crippen LogP contribution in [0, 0.1) is 0 Å². The van der Waals surface area contributed by atoms with Crippen molar-refractivity contribution < 1.29 is 4.79 Å². The van der Waals surface area contributed by atoms with Crippen molar-refractivity contribution in [3.05, 3.63) is 28.6 Å². The van der Waals surface area contributed by atoms with Crippen LogP contribution in [0.4, 0.5) is 0 Å². The summed E-state index contributed by atoms with van der Waals surface area (Å²) in [4.78, 5) is 15.1. The number of aromatic nitrogens is 3. The molecule has 0 atom stereocenters.